The summed E-state index contributed by atoms with van der Waals surface area (Å²) in [5, 5.41) is -0.315. The Balaban J connectivity index is 1.47. The molecule has 1 aromatic heterocycles. The van der Waals surface area contributed by atoms with Crippen LogP contribution in [0.2, 0.25) is 0 Å². The van der Waals surface area contributed by atoms with E-state index < -0.39 is 25.1 Å². The Kier molecular flexibility index (Phi) is 6.74. The van der Waals surface area contributed by atoms with E-state index in [1.165, 1.54) is 36.8 Å². The van der Waals surface area contributed by atoms with Gasteiger partial charge in [-0.25, -0.2) is 26.2 Å². The van der Waals surface area contributed by atoms with Gasteiger partial charge < -0.3 is 4.74 Å². The molecule has 0 aliphatic carbocycles. The molecular weight excluding hydrogens is 527 g/mol. The van der Waals surface area contributed by atoms with E-state index >= 15 is 0 Å². The summed E-state index contributed by atoms with van der Waals surface area (Å²) < 4.78 is 76.1. The van der Waals surface area contributed by atoms with Gasteiger partial charge in [-0.2, -0.15) is 4.37 Å². The van der Waals surface area contributed by atoms with Crippen LogP contribution >= 0.6 is 11.5 Å². The minimum atomic E-state index is -3.88. The molecule has 1 saturated heterocycles. The molecule has 1 N–H and O–H groups in total. The molecule has 5 rings (SSSR count). The Labute approximate surface area is 213 Å². The normalized spacial score (nSPS) is 23.0. The van der Waals surface area contributed by atoms with Crippen LogP contribution in [0.25, 0.3) is 0 Å². The summed E-state index contributed by atoms with van der Waals surface area (Å²) in [6.45, 7) is 0.912. The zero-order valence-electron chi connectivity index (χ0n) is 19.4. The van der Waals surface area contributed by atoms with Crippen LogP contribution in [0.15, 0.2) is 53.7 Å². The number of benzene rings is 2. The van der Waals surface area contributed by atoms with Crippen LogP contribution < -0.4 is 9.46 Å². The van der Waals surface area contributed by atoms with Crippen molar-refractivity contribution in [3.63, 3.8) is 0 Å². The number of fused-ring (bicyclic) bond motifs is 1. The molecule has 0 amide bonds. The summed E-state index contributed by atoms with van der Waals surface area (Å²) in [4.78, 5) is 6.15. The largest absolute Gasteiger partial charge is 0.493 e. The first-order chi connectivity index (χ1) is 17.1. The first-order valence-corrected chi connectivity index (χ1v) is 15.6. The van der Waals surface area contributed by atoms with E-state index in [9.17, 15) is 21.2 Å². The van der Waals surface area contributed by atoms with Gasteiger partial charge in [0.1, 0.15) is 27.7 Å². The van der Waals surface area contributed by atoms with Gasteiger partial charge in [0.15, 0.2) is 0 Å². The Bertz CT molecular complexity index is 1450. The summed E-state index contributed by atoms with van der Waals surface area (Å²) in [5.74, 6) is 0.113. The fourth-order valence-corrected chi connectivity index (χ4v) is 7.72. The van der Waals surface area contributed by atoms with Crippen molar-refractivity contribution in [3.8, 4) is 5.75 Å². The number of nitrogens with one attached hydrogen (secondary N) is 1. The number of nitrogens with zero attached hydrogens (tertiary/aromatic N) is 3. The van der Waals surface area contributed by atoms with Crippen molar-refractivity contribution in [2.24, 2.45) is 0 Å². The molecule has 2 aliphatic heterocycles. The molecule has 13 heteroatoms. The highest BCUT2D eigenvalue weighted by Crippen LogP contribution is 2.45. The zero-order valence-corrected chi connectivity index (χ0v) is 21.8. The topological polar surface area (TPSA) is 119 Å². The number of sulfonamides is 1. The van der Waals surface area contributed by atoms with Gasteiger partial charge in [0.2, 0.25) is 5.13 Å². The van der Waals surface area contributed by atoms with Gasteiger partial charge in [-0.05, 0) is 36.6 Å². The average molecular weight is 553 g/mol. The van der Waals surface area contributed by atoms with E-state index in [4.69, 9.17) is 4.74 Å². The number of anilines is 1. The number of halogens is 1. The third kappa shape index (κ3) is 5.10. The van der Waals surface area contributed by atoms with Crippen molar-refractivity contribution in [1.29, 1.82) is 0 Å². The lowest BCUT2D eigenvalue weighted by Crippen LogP contribution is -2.44. The summed E-state index contributed by atoms with van der Waals surface area (Å²) >= 11 is 0.938. The van der Waals surface area contributed by atoms with Crippen LogP contribution in [0.4, 0.5) is 9.52 Å². The lowest BCUT2D eigenvalue weighted by Gasteiger charge is -2.45. The third-order valence-electron chi connectivity index (χ3n) is 6.74. The monoisotopic (exact) mass is 552 g/mol. The molecule has 9 nitrogen and oxygen atoms in total. The average Bonchev–Trinajstić information content (AvgIpc) is 3.35. The highest BCUT2D eigenvalue weighted by atomic mass is 32.2. The maximum Gasteiger partial charge on any atom is 0.263 e. The minimum absolute atomic E-state index is 0.0444. The fourth-order valence-electron chi connectivity index (χ4n) is 4.98. The molecule has 3 aromatic rings. The second-order valence-electron chi connectivity index (χ2n) is 8.99. The molecule has 36 heavy (non-hydrogen) atoms. The lowest BCUT2D eigenvalue weighted by atomic mass is 9.89. The Morgan fingerprint density at radius 3 is 2.56 bits per heavy atom. The molecule has 2 aliphatic rings. The number of hydrogen-bond donors (Lipinski definition) is 1. The van der Waals surface area contributed by atoms with Crippen LogP contribution in [-0.2, 0) is 19.9 Å². The van der Waals surface area contributed by atoms with Crippen LogP contribution in [0.3, 0.4) is 0 Å². The van der Waals surface area contributed by atoms with E-state index in [2.05, 4.69) is 19.0 Å². The Hall–Kier alpha value is -2.61. The smallest absolute Gasteiger partial charge is 0.263 e. The van der Waals surface area contributed by atoms with Gasteiger partial charge in [-0.3, -0.25) is 9.62 Å². The number of hydrogen-bond acceptors (Lipinski definition) is 9. The van der Waals surface area contributed by atoms with Gasteiger partial charge in [0, 0.05) is 54.5 Å². The van der Waals surface area contributed by atoms with Crippen LogP contribution in [-0.4, -0.2) is 55.8 Å². The molecule has 1 unspecified atom stereocenters. The highest BCUT2D eigenvalue weighted by Gasteiger charge is 2.40. The molecule has 0 bridgehead atoms. The second-order valence-corrected chi connectivity index (χ2v) is 13.8. The number of ether oxygens (including phenoxy) is 1. The molecule has 3 heterocycles. The van der Waals surface area contributed by atoms with E-state index in [1.54, 1.807) is 18.2 Å². The number of likely N-dealkylation sites (tertiary alicyclic amines) is 1. The van der Waals surface area contributed by atoms with Crippen molar-refractivity contribution in [3.05, 3.63) is 65.7 Å². The van der Waals surface area contributed by atoms with Gasteiger partial charge in [-0.15, -0.1) is 0 Å². The third-order valence-corrected chi connectivity index (χ3v) is 10.4. The maximum absolute atomic E-state index is 13.6. The Morgan fingerprint density at radius 2 is 1.86 bits per heavy atom. The predicted octanol–water partition coefficient (Wildman–Crippen LogP) is 3.55. The first kappa shape index (κ1) is 25.1. The lowest BCUT2D eigenvalue weighted by molar-refractivity contribution is 0.0680. The second kappa shape index (κ2) is 9.69. The van der Waals surface area contributed by atoms with E-state index in [0.717, 1.165) is 22.7 Å². The van der Waals surface area contributed by atoms with E-state index in [0.29, 0.717) is 38.2 Å². The molecule has 0 radical (unpaired) electrons. The molecular formula is C23H25FN4O5S3. The SMILES string of the molecule is CS(=O)(=O)C1CCN([C@@H]2CCOc3cc(S(=O)(=O)Nc4ncns4)ccc32)[C@H](c2ccc(F)cc2)C1. The predicted molar refractivity (Wildman–Crippen MR) is 134 cm³/mol. The van der Waals surface area contributed by atoms with Gasteiger partial charge in [-0.1, -0.05) is 18.2 Å². The van der Waals surface area contributed by atoms with Crippen LogP contribution in [0.5, 0.6) is 5.75 Å². The molecule has 2 aromatic carbocycles. The van der Waals surface area contributed by atoms with Crippen LogP contribution in [0, 0.1) is 5.82 Å². The summed E-state index contributed by atoms with van der Waals surface area (Å²) in [6.07, 6.45) is 4.07. The quantitative estimate of drug-likeness (QED) is 0.493. The number of piperidine rings is 1. The number of aromatic nitrogens is 2. The fraction of sp³-hybridized carbons (Fsp3) is 0.391. The molecule has 0 saturated carbocycles. The standard InChI is InChI=1S/C23H25FN4O5S3/c1-35(29,30)17-8-10-28(21(12-17)15-2-4-16(24)5-3-15)20-9-11-33-22-13-18(6-7-19(20)22)36(31,32)27-23-25-14-26-34-23/h2-7,13-14,17,20-21H,8-12H2,1H3,(H,25,26,27)/t17?,20-,21+/m1/s1. The highest BCUT2D eigenvalue weighted by molar-refractivity contribution is 7.93. The minimum Gasteiger partial charge on any atom is -0.493 e. The van der Waals surface area contributed by atoms with Gasteiger partial charge >= 0.3 is 0 Å². The van der Waals surface area contributed by atoms with Crippen molar-refractivity contribution in [2.45, 2.75) is 41.5 Å². The maximum atomic E-state index is 13.6. The van der Waals surface area contributed by atoms with Gasteiger partial charge in [0.05, 0.1) is 16.8 Å². The summed E-state index contributed by atoms with van der Waals surface area (Å²) in [6, 6.07) is 10.6. The van der Waals surface area contributed by atoms with Crippen LogP contribution in [0.1, 0.15) is 42.5 Å². The summed E-state index contributed by atoms with van der Waals surface area (Å²) in [7, 11) is -7.12. The van der Waals surface area contributed by atoms with E-state index in [1.807, 2.05) is 0 Å². The summed E-state index contributed by atoms with van der Waals surface area (Å²) in [5.41, 5.74) is 1.68. The van der Waals surface area contributed by atoms with Crippen molar-refractivity contribution in [1.82, 2.24) is 14.3 Å². The molecule has 3 atom stereocenters. The first-order valence-electron chi connectivity index (χ1n) is 11.4. The van der Waals surface area contributed by atoms with Crippen molar-refractivity contribution in [2.75, 3.05) is 24.1 Å². The van der Waals surface area contributed by atoms with E-state index in [-0.39, 0.29) is 27.9 Å². The van der Waals surface area contributed by atoms with Gasteiger partial charge in [0.25, 0.3) is 10.0 Å². The number of rotatable bonds is 6. The van der Waals surface area contributed by atoms with Crippen molar-refractivity contribution >= 4 is 36.5 Å². The molecule has 1 fully saturated rings. The molecule has 0 spiro atoms. The van der Waals surface area contributed by atoms with Crippen molar-refractivity contribution < 1.29 is 26.0 Å². The molecule has 192 valence electrons. The Morgan fingerprint density at radius 1 is 1.08 bits per heavy atom. The zero-order chi connectivity index (χ0) is 25.5. The number of sulfone groups is 1.